The first-order valence-corrected chi connectivity index (χ1v) is 14.2. The third-order valence-corrected chi connectivity index (χ3v) is 6.98. The number of hydrogen-bond donors (Lipinski definition) is 1. The average molecular weight is 657 g/mol. The van der Waals surface area contributed by atoms with Gasteiger partial charge in [0, 0.05) is 32.7 Å². The molecule has 0 aliphatic rings. The molecule has 0 spiro atoms. The van der Waals surface area contributed by atoms with Crippen LogP contribution in [0.2, 0.25) is 5.02 Å². The van der Waals surface area contributed by atoms with Crippen molar-refractivity contribution in [2.45, 2.75) is 33.1 Å². The van der Waals surface area contributed by atoms with E-state index in [9.17, 15) is 19.7 Å². The summed E-state index contributed by atoms with van der Waals surface area (Å²) in [6.45, 7) is 5.28. The van der Waals surface area contributed by atoms with Gasteiger partial charge < -0.3 is 14.8 Å². The largest absolute Gasteiger partial charge is 0.490 e. The minimum absolute atomic E-state index is 0.0440. The van der Waals surface area contributed by atoms with Crippen molar-refractivity contribution >= 4 is 61.9 Å². The second-order valence-electron chi connectivity index (χ2n) is 9.20. The van der Waals surface area contributed by atoms with Crippen LogP contribution < -0.4 is 20.3 Å². The number of ether oxygens (including phenoxy) is 2. The molecule has 0 aliphatic heterocycles. The first-order chi connectivity index (χ1) is 20.1. The molecule has 218 valence electrons. The Balaban J connectivity index is 1.69. The van der Waals surface area contributed by atoms with Crippen molar-refractivity contribution in [1.29, 1.82) is 0 Å². The molecule has 0 saturated heterocycles. The molecule has 0 aliphatic carbocycles. The number of amides is 1. The Kier molecular flexibility index (Phi) is 9.92. The molecule has 1 amide bonds. The molecule has 4 rings (SSSR count). The molecule has 0 unspecified atom stereocenters. The van der Waals surface area contributed by atoms with Crippen molar-refractivity contribution < 1.29 is 19.2 Å². The van der Waals surface area contributed by atoms with Crippen molar-refractivity contribution in [1.82, 2.24) is 9.66 Å². The van der Waals surface area contributed by atoms with Crippen LogP contribution in [0, 0.1) is 10.1 Å². The van der Waals surface area contributed by atoms with Crippen molar-refractivity contribution in [2.24, 2.45) is 5.10 Å². The number of hydrogen-bond acceptors (Lipinski definition) is 8. The number of nitro benzene ring substituents is 1. The Morgan fingerprint density at radius 2 is 1.93 bits per heavy atom. The Labute approximate surface area is 254 Å². The van der Waals surface area contributed by atoms with Crippen LogP contribution in [-0.2, 0) is 4.79 Å². The van der Waals surface area contributed by atoms with Gasteiger partial charge in [0.05, 0.1) is 28.6 Å². The zero-order valence-electron chi connectivity index (χ0n) is 23.0. The van der Waals surface area contributed by atoms with Crippen molar-refractivity contribution in [3.8, 4) is 11.5 Å². The number of rotatable bonds is 11. The topological polar surface area (TPSA) is 138 Å². The van der Waals surface area contributed by atoms with Gasteiger partial charge in [-0.3, -0.25) is 19.7 Å². The van der Waals surface area contributed by atoms with Crippen LogP contribution in [0.15, 0.2) is 69.0 Å². The predicted octanol–water partition coefficient (Wildman–Crippen LogP) is 6.53. The summed E-state index contributed by atoms with van der Waals surface area (Å²) in [4.78, 5) is 42.0. The van der Waals surface area contributed by atoms with Crippen LogP contribution in [0.5, 0.6) is 11.5 Å². The number of nitrogens with zero attached hydrogens (tertiary/aromatic N) is 4. The van der Waals surface area contributed by atoms with Gasteiger partial charge in [-0.25, -0.2) is 4.98 Å². The quantitative estimate of drug-likeness (QED) is 0.110. The fourth-order valence-electron chi connectivity index (χ4n) is 4.00. The standard InChI is InChI=1S/C29H27BrClN5O6/c1-4-17(3)28-34-23-11-6-19(30)14-22(23)29(38)35(28)32-15-18-12-24(36(39)40)27(25(13-18)41-5-2)42-16-26(37)33-21-9-7-20(31)8-10-21/h6-15,17H,4-5,16H2,1-3H3,(H,33,37)/t17-/m1/s1. The van der Waals surface area contributed by atoms with Crippen molar-refractivity contribution in [3.05, 3.63) is 95.9 Å². The third-order valence-electron chi connectivity index (χ3n) is 6.24. The van der Waals surface area contributed by atoms with Gasteiger partial charge in [-0.2, -0.15) is 9.78 Å². The summed E-state index contributed by atoms with van der Waals surface area (Å²) in [7, 11) is 0. The highest BCUT2D eigenvalue weighted by atomic mass is 79.9. The average Bonchev–Trinajstić information content (AvgIpc) is 2.97. The molecule has 4 aromatic rings. The van der Waals surface area contributed by atoms with Crippen LogP contribution in [0.4, 0.5) is 11.4 Å². The van der Waals surface area contributed by atoms with Crippen LogP contribution in [-0.4, -0.2) is 39.9 Å². The highest BCUT2D eigenvalue weighted by Crippen LogP contribution is 2.38. The smallest absolute Gasteiger partial charge is 0.315 e. The van der Waals surface area contributed by atoms with E-state index in [2.05, 4.69) is 31.3 Å². The number of fused-ring (bicyclic) bond motifs is 1. The lowest BCUT2D eigenvalue weighted by molar-refractivity contribution is -0.385. The molecule has 11 nitrogen and oxygen atoms in total. The summed E-state index contributed by atoms with van der Waals surface area (Å²) in [5, 5.41) is 19.9. The lowest BCUT2D eigenvalue weighted by Gasteiger charge is -2.14. The highest BCUT2D eigenvalue weighted by Gasteiger charge is 2.24. The van der Waals surface area contributed by atoms with Gasteiger partial charge in [0.25, 0.3) is 11.5 Å². The third kappa shape index (κ3) is 7.12. The van der Waals surface area contributed by atoms with E-state index in [0.717, 1.165) is 4.47 Å². The Morgan fingerprint density at radius 3 is 2.60 bits per heavy atom. The molecule has 0 fully saturated rings. The van der Waals surface area contributed by atoms with Gasteiger partial charge in [-0.15, -0.1) is 0 Å². The Bertz CT molecular complexity index is 1720. The van der Waals surface area contributed by atoms with E-state index in [-0.39, 0.29) is 35.1 Å². The van der Waals surface area contributed by atoms with E-state index in [1.807, 2.05) is 19.9 Å². The highest BCUT2D eigenvalue weighted by molar-refractivity contribution is 9.10. The molecule has 1 heterocycles. The SMILES string of the molecule is CCOc1cc(C=Nn2c([C@H](C)CC)nc3ccc(Br)cc3c2=O)cc([N+](=O)[O-])c1OCC(=O)Nc1ccc(Cl)cc1. The maximum Gasteiger partial charge on any atom is 0.315 e. The normalized spacial score (nSPS) is 11.9. The minimum Gasteiger partial charge on any atom is -0.490 e. The van der Waals surface area contributed by atoms with Crippen LogP contribution >= 0.6 is 27.5 Å². The number of halogens is 2. The Hall–Kier alpha value is -4.29. The molecule has 1 N–H and O–H groups in total. The molecule has 42 heavy (non-hydrogen) atoms. The van der Waals surface area contributed by atoms with E-state index < -0.39 is 23.1 Å². The summed E-state index contributed by atoms with van der Waals surface area (Å²) in [5.74, 6) is -0.333. The first kappa shape index (κ1) is 30.7. The van der Waals surface area contributed by atoms with E-state index >= 15 is 0 Å². The molecule has 0 bridgehead atoms. The zero-order valence-corrected chi connectivity index (χ0v) is 25.3. The lowest BCUT2D eigenvalue weighted by Crippen LogP contribution is -2.23. The van der Waals surface area contributed by atoms with Gasteiger partial charge >= 0.3 is 5.69 Å². The minimum atomic E-state index is -0.641. The monoisotopic (exact) mass is 655 g/mol. The van der Waals surface area contributed by atoms with Gasteiger partial charge in [0.15, 0.2) is 12.4 Å². The summed E-state index contributed by atoms with van der Waals surface area (Å²) in [6, 6.07) is 14.4. The van der Waals surface area contributed by atoms with Crippen LogP contribution in [0.25, 0.3) is 10.9 Å². The first-order valence-electron chi connectivity index (χ1n) is 13.0. The fraction of sp³-hybridized carbons (Fsp3) is 0.241. The van der Waals surface area contributed by atoms with E-state index in [1.165, 1.54) is 23.0 Å². The number of benzene rings is 3. The lowest BCUT2D eigenvalue weighted by atomic mass is 10.1. The van der Waals surface area contributed by atoms with Gasteiger partial charge in [-0.05, 0) is 61.9 Å². The number of carbonyl (C=O) groups is 1. The van der Waals surface area contributed by atoms with Crippen LogP contribution in [0.3, 0.4) is 0 Å². The van der Waals surface area contributed by atoms with E-state index in [0.29, 0.717) is 33.9 Å². The molecule has 13 heteroatoms. The molecule has 3 aromatic carbocycles. The molecular weight excluding hydrogens is 630 g/mol. The maximum absolute atomic E-state index is 13.4. The summed E-state index contributed by atoms with van der Waals surface area (Å²) < 4.78 is 13.1. The number of nitrogens with one attached hydrogen (secondary N) is 1. The summed E-state index contributed by atoms with van der Waals surface area (Å²) in [5.41, 5.74) is 0.498. The molecule has 0 radical (unpaired) electrons. The number of nitro groups is 1. The molecule has 0 saturated carbocycles. The predicted molar refractivity (Wildman–Crippen MR) is 165 cm³/mol. The van der Waals surface area contributed by atoms with Gasteiger partial charge in [0.2, 0.25) is 5.75 Å². The van der Waals surface area contributed by atoms with E-state index in [1.54, 1.807) is 43.3 Å². The van der Waals surface area contributed by atoms with Crippen LogP contribution in [0.1, 0.15) is 44.5 Å². The summed E-state index contributed by atoms with van der Waals surface area (Å²) >= 11 is 9.26. The second kappa shape index (κ2) is 13.6. The number of carbonyl (C=O) groups excluding carboxylic acids is 1. The summed E-state index contributed by atoms with van der Waals surface area (Å²) in [6.07, 6.45) is 2.03. The van der Waals surface area contributed by atoms with Gasteiger partial charge in [-0.1, -0.05) is 41.4 Å². The molecular formula is C29H27BrClN5O6. The fourth-order valence-corrected chi connectivity index (χ4v) is 4.48. The maximum atomic E-state index is 13.4. The molecule has 1 atom stereocenters. The van der Waals surface area contributed by atoms with Crippen molar-refractivity contribution in [3.63, 3.8) is 0 Å². The van der Waals surface area contributed by atoms with Gasteiger partial charge in [0.1, 0.15) is 5.82 Å². The number of aromatic nitrogens is 2. The van der Waals surface area contributed by atoms with Crippen molar-refractivity contribution in [2.75, 3.05) is 18.5 Å². The second-order valence-corrected chi connectivity index (χ2v) is 10.6. The Morgan fingerprint density at radius 1 is 1.19 bits per heavy atom. The molecule has 1 aromatic heterocycles. The van der Waals surface area contributed by atoms with E-state index in [4.69, 9.17) is 21.1 Å². The zero-order chi connectivity index (χ0) is 30.4. The number of anilines is 1.